The van der Waals surface area contributed by atoms with E-state index in [9.17, 15) is 9.59 Å². The van der Waals surface area contributed by atoms with Gasteiger partial charge in [0, 0.05) is 52.2 Å². The molecule has 5 nitrogen and oxygen atoms in total. The Labute approximate surface area is 102 Å². The van der Waals surface area contributed by atoms with E-state index >= 15 is 0 Å². The third-order valence-electron chi connectivity index (χ3n) is 3.66. The minimum atomic E-state index is 0.292. The van der Waals surface area contributed by atoms with E-state index in [0.717, 1.165) is 65.1 Å². The number of likely N-dealkylation sites (tertiary alicyclic amines) is 1. The van der Waals surface area contributed by atoms with Gasteiger partial charge in [-0.3, -0.25) is 14.5 Å². The number of nitrogens with zero attached hydrogens (tertiary/aromatic N) is 3. The average Bonchev–Trinajstić information content (AvgIpc) is 2.90. The lowest BCUT2D eigenvalue weighted by atomic mass is 10.3. The molecule has 5 heteroatoms. The molecule has 2 heterocycles. The van der Waals surface area contributed by atoms with E-state index in [1.165, 1.54) is 0 Å². The molecule has 2 fully saturated rings. The molecule has 2 aliphatic rings. The van der Waals surface area contributed by atoms with Crippen LogP contribution in [0.2, 0.25) is 0 Å². The van der Waals surface area contributed by atoms with E-state index in [4.69, 9.17) is 0 Å². The van der Waals surface area contributed by atoms with Gasteiger partial charge in [-0.05, 0) is 12.8 Å². The molecule has 0 radical (unpaired) electrons. The van der Waals surface area contributed by atoms with Gasteiger partial charge in [-0.15, -0.1) is 0 Å². The SMILES string of the molecule is O=CN1CCN(CCC(=O)N2CCCC2)CC1. The van der Waals surface area contributed by atoms with Crippen molar-refractivity contribution in [3.8, 4) is 0 Å². The minimum absolute atomic E-state index is 0.292. The first kappa shape index (κ1) is 12.4. The summed E-state index contributed by atoms with van der Waals surface area (Å²) in [5.41, 5.74) is 0. The normalized spacial score (nSPS) is 21.9. The predicted molar refractivity (Wildman–Crippen MR) is 64.5 cm³/mol. The number of amides is 2. The van der Waals surface area contributed by atoms with Gasteiger partial charge in [0.1, 0.15) is 0 Å². The second kappa shape index (κ2) is 6.00. The summed E-state index contributed by atoms with van der Waals surface area (Å²) >= 11 is 0. The van der Waals surface area contributed by atoms with Gasteiger partial charge in [0.05, 0.1) is 0 Å². The number of carbonyl (C=O) groups is 2. The fraction of sp³-hybridized carbons (Fsp3) is 0.833. The third-order valence-corrected chi connectivity index (χ3v) is 3.66. The first-order chi connectivity index (χ1) is 8.29. The van der Waals surface area contributed by atoms with Crippen LogP contribution < -0.4 is 0 Å². The van der Waals surface area contributed by atoms with Crippen LogP contribution in [0.3, 0.4) is 0 Å². The average molecular weight is 239 g/mol. The smallest absolute Gasteiger partial charge is 0.223 e. The monoisotopic (exact) mass is 239 g/mol. The molecule has 0 saturated carbocycles. The molecular weight excluding hydrogens is 218 g/mol. The molecule has 2 rings (SSSR count). The van der Waals surface area contributed by atoms with Gasteiger partial charge in [-0.2, -0.15) is 0 Å². The van der Waals surface area contributed by atoms with Crippen molar-refractivity contribution in [3.05, 3.63) is 0 Å². The van der Waals surface area contributed by atoms with Crippen molar-refractivity contribution in [1.29, 1.82) is 0 Å². The highest BCUT2D eigenvalue weighted by molar-refractivity contribution is 5.76. The van der Waals surface area contributed by atoms with Crippen LogP contribution in [-0.4, -0.2) is 72.8 Å². The summed E-state index contributed by atoms with van der Waals surface area (Å²) in [4.78, 5) is 28.4. The zero-order valence-electron chi connectivity index (χ0n) is 10.3. The molecule has 0 aliphatic carbocycles. The number of piperazine rings is 1. The molecule has 0 spiro atoms. The van der Waals surface area contributed by atoms with Gasteiger partial charge in [0.15, 0.2) is 0 Å². The topological polar surface area (TPSA) is 43.9 Å². The molecule has 96 valence electrons. The Morgan fingerprint density at radius 3 is 2.24 bits per heavy atom. The Hall–Kier alpha value is -1.10. The molecule has 2 aliphatic heterocycles. The maximum Gasteiger partial charge on any atom is 0.223 e. The predicted octanol–water partition coefficient (Wildman–Crippen LogP) is -0.227. The highest BCUT2D eigenvalue weighted by Gasteiger charge is 2.20. The molecule has 0 aromatic rings. The van der Waals surface area contributed by atoms with Crippen molar-refractivity contribution in [2.75, 3.05) is 45.8 Å². The largest absolute Gasteiger partial charge is 0.343 e. The molecule has 0 bridgehead atoms. The van der Waals surface area contributed by atoms with E-state index in [0.29, 0.717) is 12.3 Å². The second-order valence-corrected chi connectivity index (χ2v) is 4.82. The number of rotatable bonds is 4. The zero-order valence-corrected chi connectivity index (χ0v) is 10.3. The van der Waals surface area contributed by atoms with Crippen LogP contribution >= 0.6 is 0 Å². The highest BCUT2D eigenvalue weighted by Crippen LogP contribution is 2.09. The quantitative estimate of drug-likeness (QED) is 0.637. The lowest BCUT2D eigenvalue weighted by Gasteiger charge is -2.32. The van der Waals surface area contributed by atoms with Crippen LogP contribution in [0.4, 0.5) is 0 Å². The van der Waals surface area contributed by atoms with E-state index in [1.807, 2.05) is 4.90 Å². The van der Waals surface area contributed by atoms with Crippen LogP contribution in [-0.2, 0) is 9.59 Å². The van der Waals surface area contributed by atoms with Crippen LogP contribution in [0.25, 0.3) is 0 Å². The molecule has 0 unspecified atom stereocenters. The standard InChI is InChI=1S/C12H21N3O2/c16-11-14-9-7-13(8-10-14)6-3-12(17)15-4-1-2-5-15/h11H,1-10H2. The lowest BCUT2D eigenvalue weighted by Crippen LogP contribution is -2.46. The fourth-order valence-electron chi connectivity index (χ4n) is 2.47. The number of hydrogen-bond donors (Lipinski definition) is 0. The summed E-state index contributed by atoms with van der Waals surface area (Å²) < 4.78 is 0. The van der Waals surface area contributed by atoms with Crippen molar-refractivity contribution in [3.63, 3.8) is 0 Å². The molecule has 0 aromatic carbocycles. The van der Waals surface area contributed by atoms with E-state index < -0.39 is 0 Å². The molecule has 0 aromatic heterocycles. The van der Waals surface area contributed by atoms with Crippen LogP contribution in [0.5, 0.6) is 0 Å². The summed E-state index contributed by atoms with van der Waals surface area (Å²) in [5, 5.41) is 0. The summed E-state index contributed by atoms with van der Waals surface area (Å²) in [5.74, 6) is 0.292. The van der Waals surface area contributed by atoms with Gasteiger partial charge in [0.25, 0.3) is 0 Å². The molecule has 0 atom stereocenters. The maximum atomic E-state index is 11.8. The van der Waals surface area contributed by atoms with Gasteiger partial charge < -0.3 is 9.80 Å². The Balaban J connectivity index is 1.65. The maximum absolute atomic E-state index is 11.8. The van der Waals surface area contributed by atoms with Crippen molar-refractivity contribution >= 4 is 12.3 Å². The van der Waals surface area contributed by atoms with Crippen LogP contribution in [0, 0.1) is 0 Å². The molecule has 2 amide bonds. The third kappa shape index (κ3) is 3.43. The van der Waals surface area contributed by atoms with Gasteiger partial charge in [-0.1, -0.05) is 0 Å². The van der Waals surface area contributed by atoms with Crippen LogP contribution in [0.1, 0.15) is 19.3 Å². The highest BCUT2D eigenvalue weighted by atomic mass is 16.2. The number of carbonyl (C=O) groups excluding carboxylic acids is 2. The summed E-state index contributed by atoms with van der Waals surface area (Å²) in [6, 6.07) is 0. The molecular formula is C12H21N3O2. The Morgan fingerprint density at radius 2 is 1.65 bits per heavy atom. The molecule has 17 heavy (non-hydrogen) atoms. The summed E-state index contributed by atoms with van der Waals surface area (Å²) in [6.45, 7) is 6.10. The summed E-state index contributed by atoms with van der Waals surface area (Å²) in [6.07, 6.45) is 3.85. The van der Waals surface area contributed by atoms with Gasteiger partial charge in [-0.25, -0.2) is 0 Å². The van der Waals surface area contributed by atoms with Gasteiger partial charge in [0.2, 0.25) is 12.3 Å². The minimum Gasteiger partial charge on any atom is -0.343 e. The van der Waals surface area contributed by atoms with E-state index in [1.54, 1.807) is 4.90 Å². The van der Waals surface area contributed by atoms with Crippen molar-refractivity contribution < 1.29 is 9.59 Å². The van der Waals surface area contributed by atoms with Crippen molar-refractivity contribution in [1.82, 2.24) is 14.7 Å². The zero-order chi connectivity index (χ0) is 12.1. The van der Waals surface area contributed by atoms with E-state index in [-0.39, 0.29) is 0 Å². The fourth-order valence-corrected chi connectivity index (χ4v) is 2.47. The molecule has 2 saturated heterocycles. The lowest BCUT2D eigenvalue weighted by molar-refractivity contribution is -0.130. The Bertz CT molecular complexity index is 269. The van der Waals surface area contributed by atoms with Crippen molar-refractivity contribution in [2.24, 2.45) is 0 Å². The first-order valence-corrected chi connectivity index (χ1v) is 6.49. The van der Waals surface area contributed by atoms with Crippen LogP contribution in [0.15, 0.2) is 0 Å². The van der Waals surface area contributed by atoms with Gasteiger partial charge >= 0.3 is 0 Å². The van der Waals surface area contributed by atoms with Crippen molar-refractivity contribution in [2.45, 2.75) is 19.3 Å². The molecule has 0 N–H and O–H groups in total. The Morgan fingerprint density at radius 1 is 1.00 bits per heavy atom. The number of hydrogen-bond acceptors (Lipinski definition) is 3. The Kier molecular flexibility index (Phi) is 4.36. The first-order valence-electron chi connectivity index (χ1n) is 6.49. The summed E-state index contributed by atoms with van der Waals surface area (Å²) in [7, 11) is 0. The van der Waals surface area contributed by atoms with E-state index in [2.05, 4.69) is 4.90 Å². The second-order valence-electron chi connectivity index (χ2n) is 4.82.